The molecule has 2 aliphatic heterocycles. The number of morpholine rings is 1. The van der Waals surface area contributed by atoms with Gasteiger partial charge in [0.1, 0.15) is 5.82 Å². The van der Waals surface area contributed by atoms with Crippen molar-refractivity contribution in [1.82, 2.24) is 9.88 Å². The molecule has 2 aliphatic rings. The number of nitrogen functional groups attached to an aromatic ring is 1. The predicted octanol–water partition coefficient (Wildman–Crippen LogP) is 0.493. The van der Waals surface area contributed by atoms with Crippen molar-refractivity contribution in [2.24, 2.45) is 0 Å². The summed E-state index contributed by atoms with van der Waals surface area (Å²) >= 11 is 0. The van der Waals surface area contributed by atoms with Gasteiger partial charge in [-0.3, -0.25) is 4.90 Å². The van der Waals surface area contributed by atoms with Crippen LogP contribution >= 0.6 is 0 Å². The molecule has 3 heterocycles. The molecule has 0 unspecified atom stereocenters. The first kappa shape index (κ1) is 11.7. The van der Waals surface area contributed by atoms with Crippen molar-refractivity contribution in [2.45, 2.75) is 13.0 Å². The molecule has 3 rings (SSSR count). The Morgan fingerprint density at radius 3 is 2.72 bits per heavy atom. The maximum Gasteiger partial charge on any atom is 0.130 e. The van der Waals surface area contributed by atoms with Crippen molar-refractivity contribution in [1.29, 1.82) is 0 Å². The van der Waals surface area contributed by atoms with Crippen LogP contribution in [-0.4, -0.2) is 55.3 Å². The van der Waals surface area contributed by atoms with Gasteiger partial charge in [-0.15, -0.1) is 0 Å². The molecule has 1 aromatic rings. The van der Waals surface area contributed by atoms with Crippen molar-refractivity contribution >= 4 is 11.5 Å². The van der Waals surface area contributed by atoms with Crippen LogP contribution in [0.2, 0.25) is 0 Å². The highest BCUT2D eigenvalue weighted by Crippen LogP contribution is 2.24. The smallest absolute Gasteiger partial charge is 0.130 e. The number of nitrogens with two attached hydrogens (primary N) is 1. The van der Waals surface area contributed by atoms with Gasteiger partial charge in [0.25, 0.3) is 0 Å². The van der Waals surface area contributed by atoms with Gasteiger partial charge in [0.05, 0.1) is 13.2 Å². The maximum atomic E-state index is 5.92. The maximum absolute atomic E-state index is 5.92. The Morgan fingerprint density at radius 1 is 1.33 bits per heavy atom. The molecule has 18 heavy (non-hydrogen) atoms. The Bertz CT molecular complexity index is 425. The Kier molecular flexibility index (Phi) is 3.09. The van der Waals surface area contributed by atoms with Gasteiger partial charge in [-0.05, 0) is 12.5 Å². The second-order valence-electron chi connectivity index (χ2n) is 5.11. The monoisotopic (exact) mass is 248 g/mol. The molecular weight excluding hydrogens is 228 g/mol. The van der Waals surface area contributed by atoms with Crippen molar-refractivity contribution in [3.63, 3.8) is 0 Å². The van der Waals surface area contributed by atoms with E-state index in [1.165, 1.54) is 0 Å². The van der Waals surface area contributed by atoms with E-state index in [1.54, 1.807) is 0 Å². The number of pyridine rings is 1. The number of aryl methyl sites for hydroxylation is 1. The van der Waals surface area contributed by atoms with Gasteiger partial charge in [-0.25, -0.2) is 4.98 Å². The summed E-state index contributed by atoms with van der Waals surface area (Å²) in [6.07, 6.45) is 1.85. The third-order valence-corrected chi connectivity index (χ3v) is 3.88. The van der Waals surface area contributed by atoms with Crippen LogP contribution in [0.3, 0.4) is 0 Å². The minimum atomic E-state index is 0.651. The Morgan fingerprint density at radius 2 is 2.06 bits per heavy atom. The SMILES string of the molecule is Cc1cnc(N2CC(N3CCOCC3)C2)cc1N. The summed E-state index contributed by atoms with van der Waals surface area (Å²) in [5.74, 6) is 1.00. The van der Waals surface area contributed by atoms with E-state index in [0.717, 1.165) is 56.5 Å². The minimum Gasteiger partial charge on any atom is -0.398 e. The zero-order valence-electron chi connectivity index (χ0n) is 10.8. The molecule has 98 valence electrons. The highest BCUT2D eigenvalue weighted by molar-refractivity contribution is 5.56. The van der Waals surface area contributed by atoms with Crippen LogP contribution in [0.15, 0.2) is 12.3 Å². The van der Waals surface area contributed by atoms with E-state index in [4.69, 9.17) is 10.5 Å². The Balaban J connectivity index is 1.59. The van der Waals surface area contributed by atoms with Crippen LogP contribution in [0.1, 0.15) is 5.56 Å². The lowest BCUT2D eigenvalue weighted by Gasteiger charge is -2.47. The molecule has 0 spiro atoms. The van der Waals surface area contributed by atoms with Gasteiger partial charge in [-0.1, -0.05) is 0 Å². The van der Waals surface area contributed by atoms with Gasteiger partial charge >= 0.3 is 0 Å². The van der Waals surface area contributed by atoms with E-state index in [-0.39, 0.29) is 0 Å². The van der Waals surface area contributed by atoms with Crippen LogP contribution in [-0.2, 0) is 4.74 Å². The van der Waals surface area contributed by atoms with Gasteiger partial charge < -0.3 is 15.4 Å². The second kappa shape index (κ2) is 4.74. The highest BCUT2D eigenvalue weighted by Gasteiger charge is 2.33. The number of nitrogens with zero attached hydrogens (tertiary/aromatic N) is 3. The summed E-state index contributed by atoms with van der Waals surface area (Å²) in [5.41, 5.74) is 7.79. The van der Waals surface area contributed by atoms with Crippen LogP contribution < -0.4 is 10.6 Å². The molecule has 2 fully saturated rings. The number of anilines is 2. The van der Waals surface area contributed by atoms with Gasteiger partial charge in [0.2, 0.25) is 0 Å². The van der Waals surface area contributed by atoms with E-state index in [0.29, 0.717) is 6.04 Å². The van der Waals surface area contributed by atoms with Gasteiger partial charge in [-0.2, -0.15) is 0 Å². The van der Waals surface area contributed by atoms with Crippen molar-refractivity contribution in [3.05, 3.63) is 17.8 Å². The molecule has 0 aromatic carbocycles. The number of ether oxygens (including phenoxy) is 1. The summed E-state index contributed by atoms with van der Waals surface area (Å²) in [4.78, 5) is 9.24. The molecular formula is C13H20N4O. The molecule has 5 heteroatoms. The third kappa shape index (κ3) is 2.15. The van der Waals surface area contributed by atoms with E-state index < -0.39 is 0 Å². The molecule has 2 saturated heterocycles. The molecule has 0 atom stereocenters. The van der Waals surface area contributed by atoms with E-state index in [1.807, 2.05) is 19.2 Å². The number of rotatable bonds is 2. The molecule has 0 amide bonds. The van der Waals surface area contributed by atoms with Crippen molar-refractivity contribution < 1.29 is 4.74 Å². The fourth-order valence-corrected chi connectivity index (χ4v) is 2.52. The number of hydrogen-bond acceptors (Lipinski definition) is 5. The quantitative estimate of drug-likeness (QED) is 0.825. The normalized spacial score (nSPS) is 21.9. The van der Waals surface area contributed by atoms with Crippen molar-refractivity contribution in [2.75, 3.05) is 50.0 Å². The average Bonchev–Trinajstić information content (AvgIpc) is 2.33. The lowest BCUT2D eigenvalue weighted by Crippen LogP contribution is -2.61. The molecule has 5 nitrogen and oxygen atoms in total. The lowest BCUT2D eigenvalue weighted by molar-refractivity contribution is 0.0104. The molecule has 0 radical (unpaired) electrons. The summed E-state index contributed by atoms with van der Waals surface area (Å²) in [7, 11) is 0. The molecule has 1 aromatic heterocycles. The van der Waals surface area contributed by atoms with Gasteiger partial charge in [0, 0.05) is 50.2 Å². The largest absolute Gasteiger partial charge is 0.398 e. The zero-order valence-corrected chi connectivity index (χ0v) is 10.8. The highest BCUT2D eigenvalue weighted by atomic mass is 16.5. The summed E-state index contributed by atoms with van der Waals surface area (Å²) < 4.78 is 5.37. The average molecular weight is 248 g/mol. The standard InChI is InChI=1S/C13H20N4O/c1-10-7-15-13(6-12(10)14)17-8-11(9-17)16-2-4-18-5-3-16/h6-7,11H,2-5,8-9H2,1H3,(H2,14,15). The first-order valence-corrected chi connectivity index (χ1v) is 6.53. The summed E-state index contributed by atoms with van der Waals surface area (Å²) in [6, 6.07) is 2.63. The number of hydrogen-bond donors (Lipinski definition) is 1. The zero-order chi connectivity index (χ0) is 12.5. The van der Waals surface area contributed by atoms with E-state index >= 15 is 0 Å². The Labute approximate surface area is 108 Å². The van der Waals surface area contributed by atoms with Crippen LogP contribution in [0.5, 0.6) is 0 Å². The van der Waals surface area contributed by atoms with E-state index in [2.05, 4.69) is 14.8 Å². The molecule has 0 bridgehead atoms. The fraction of sp³-hybridized carbons (Fsp3) is 0.615. The summed E-state index contributed by atoms with van der Waals surface area (Å²) in [5, 5.41) is 0. The summed E-state index contributed by atoms with van der Waals surface area (Å²) in [6.45, 7) is 7.94. The van der Waals surface area contributed by atoms with Crippen LogP contribution in [0.4, 0.5) is 11.5 Å². The predicted molar refractivity (Wildman–Crippen MR) is 71.8 cm³/mol. The second-order valence-corrected chi connectivity index (χ2v) is 5.11. The molecule has 0 saturated carbocycles. The van der Waals surface area contributed by atoms with Crippen LogP contribution in [0.25, 0.3) is 0 Å². The topological polar surface area (TPSA) is 54.6 Å². The molecule has 2 N–H and O–H groups in total. The minimum absolute atomic E-state index is 0.651. The van der Waals surface area contributed by atoms with Gasteiger partial charge in [0.15, 0.2) is 0 Å². The fourth-order valence-electron chi connectivity index (χ4n) is 2.52. The lowest BCUT2D eigenvalue weighted by atomic mass is 10.1. The first-order valence-electron chi connectivity index (χ1n) is 6.53. The van der Waals surface area contributed by atoms with Crippen molar-refractivity contribution in [3.8, 4) is 0 Å². The molecule has 0 aliphatic carbocycles. The third-order valence-electron chi connectivity index (χ3n) is 3.88. The van der Waals surface area contributed by atoms with E-state index in [9.17, 15) is 0 Å². The number of aromatic nitrogens is 1. The van der Waals surface area contributed by atoms with Crippen LogP contribution in [0, 0.1) is 6.92 Å². The Hall–Kier alpha value is -1.33. The first-order chi connectivity index (χ1) is 8.74.